The van der Waals surface area contributed by atoms with Crippen molar-refractivity contribution in [1.82, 2.24) is 9.55 Å². The van der Waals surface area contributed by atoms with Gasteiger partial charge in [-0.15, -0.1) is 0 Å². The smallest absolute Gasteiger partial charge is 0.340 e. The zero-order valence-corrected chi connectivity index (χ0v) is 19.5. The van der Waals surface area contributed by atoms with Gasteiger partial charge in [0, 0.05) is 32.4 Å². The van der Waals surface area contributed by atoms with Crippen molar-refractivity contribution in [2.24, 2.45) is 5.92 Å². The van der Waals surface area contributed by atoms with Crippen LogP contribution in [0.1, 0.15) is 24.2 Å². The number of hydrogen-bond donors (Lipinski definition) is 4. The van der Waals surface area contributed by atoms with Crippen LogP contribution in [0.3, 0.4) is 0 Å². The van der Waals surface area contributed by atoms with Crippen molar-refractivity contribution in [3.8, 4) is 0 Å². The maximum atomic E-state index is 13.0. The van der Waals surface area contributed by atoms with E-state index in [0.29, 0.717) is 5.69 Å². The number of aliphatic hydroxyl groups excluding tert-OH is 1. The van der Waals surface area contributed by atoms with E-state index in [1.165, 1.54) is 17.7 Å². The summed E-state index contributed by atoms with van der Waals surface area (Å²) in [6.07, 6.45) is 0. The fourth-order valence-electron chi connectivity index (χ4n) is 3.22. The van der Waals surface area contributed by atoms with Crippen molar-refractivity contribution in [2.75, 3.05) is 56.0 Å². The zero-order valence-electron chi connectivity index (χ0n) is 19.5. The number of nitrogens with one attached hydrogen (secondary N) is 2. The van der Waals surface area contributed by atoms with Crippen LogP contribution in [0.4, 0.5) is 17.2 Å². The number of carbonyl (C=O) groups is 2. The number of aromatic amines is 1. The molecule has 0 bridgehead atoms. The molecule has 0 aliphatic rings. The molecule has 2 rings (SSSR count). The van der Waals surface area contributed by atoms with E-state index in [1.807, 2.05) is 13.8 Å². The van der Waals surface area contributed by atoms with E-state index in [4.69, 9.17) is 20.3 Å². The molecule has 0 aliphatic carbocycles. The van der Waals surface area contributed by atoms with Gasteiger partial charge in [-0.1, -0.05) is 26.0 Å². The number of H-pyrrole nitrogens is 1. The number of hydrogen-bond acceptors (Lipinski definition) is 9. The SMILES string of the molecule is COCCN(C(=O)COC(=O)c1ccccc1NCCO)c1c(N)n(CC(C)C)c(=O)[nH]c1=O. The average molecular weight is 478 g/mol. The number of aliphatic hydroxyl groups is 1. The Morgan fingerprint density at radius 1 is 1.26 bits per heavy atom. The summed E-state index contributed by atoms with van der Waals surface area (Å²) >= 11 is 0. The van der Waals surface area contributed by atoms with Gasteiger partial charge in [-0.3, -0.25) is 24.0 Å². The Morgan fingerprint density at radius 3 is 2.62 bits per heavy atom. The van der Waals surface area contributed by atoms with Crippen molar-refractivity contribution < 1.29 is 24.2 Å². The van der Waals surface area contributed by atoms with Crippen LogP contribution in [0.15, 0.2) is 33.9 Å². The standard InChI is InChI=1S/C22H31N5O7/c1-14(2)12-27-19(23)18(20(30)25-22(27)32)26(9-11-33-3)17(29)13-34-21(31)15-6-4-5-7-16(15)24-8-10-28/h4-7,14,24,28H,8-13,23H2,1-3H3,(H,25,30,32). The molecule has 0 spiro atoms. The molecule has 0 saturated heterocycles. The highest BCUT2D eigenvalue weighted by Gasteiger charge is 2.26. The fraction of sp³-hybridized carbons (Fsp3) is 0.455. The molecule has 34 heavy (non-hydrogen) atoms. The van der Waals surface area contributed by atoms with Gasteiger partial charge in [0.15, 0.2) is 12.3 Å². The quantitative estimate of drug-likeness (QED) is 0.308. The molecule has 1 heterocycles. The number of ether oxygens (including phenoxy) is 2. The normalized spacial score (nSPS) is 10.9. The summed E-state index contributed by atoms with van der Waals surface area (Å²) < 4.78 is 11.4. The third-order valence-electron chi connectivity index (χ3n) is 4.75. The molecular weight excluding hydrogens is 446 g/mol. The van der Waals surface area contributed by atoms with Crippen LogP contribution in [-0.2, 0) is 20.8 Å². The van der Waals surface area contributed by atoms with Crippen molar-refractivity contribution in [1.29, 1.82) is 0 Å². The summed E-state index contributed by atoms with van der Waals surface area (Å²) in [6.45, 7) is 3.39. The first-order chi connectivity index (χ1) is 16.2. The Bertz CT molecular complexity index is 1110. The molecule has 0 atom stereocenters. The monoisotopic (exact) mass is 477 g/mol. The number of nitrogens with two attached hydrogens (primary N) is 1. The lowest BCUT2D eigenvalue weighted by Gasteiger charge is -2.24. The molecule has 1 amide bonds. The van der Waals surface area contributed by atoms with Crippen LogP contribution >= 0.6 is 0 Å². The molecular formula is C22H31N5O7. The second kappa shape index (κ2) is 12.6. The second-order valence-electron chi connectivity index (χ2n) is 7.81. The number of amides is 1. The molecule has 0 saturated carbocycles. The number of methoxy groups -OCH3 is 1. The van der Waals surface area contributed by atoms with E-state index in [1.54, 1.807) is 18.2 Å². The van der Waals surface area contributed by atoms with Crippen molar-refractivity contribution >= 4 is 29.1 Å². The Morgan fingerprint density at radius 2 is 1.97 bits per heavy atom. The Balaban J connectivity index is 2.30. The van der Waals surface area contributed by atoms with Gasteiger partial charge in [-0.25, -0.2) is 9.59 Å². The summed E-state index contributed by atoms with van der Waals surface area (Å²) in [6, 6.07) is 6.48. The van der Waals surface area contributed by atoms with E-state index in [-0.39, 0.29) is 55.8 Å². The Hall–Kier alpha value is -3.64. The zero-order chi connectivity index (χ0) is 25.3. The van der Waals surface area contributed by atoms with Crippen LogP contribution in [-0.4, -0.2) is 66.6 Å². The number of aromatic nitrogens is 2. The topological polar surface area (TPSA) is 169 Å². The lowest BCUT2D eigenvalue weighted by molar-refractivity contribution is -0.121. The molecule has 2 aromatic rings. The highest BCUT2D eigenvalue weighted by Crippen LogP contribution is 2.19. The van der Waals surface area contributed by atoms with Gasteiger partial charge in [-0.2, -0.15) is 0 Å². The molecule has 12 nitrogen and oxygen atoms in total. The number of para-hydroxylation sites is 1. The van der Waals surface area contributed by atoms with E-state index in [0.717, 1.165) is 4.90 Å². The fourth-order valence-corrected chi connectivity index (χ4v) is 3.22. The summed E-state index contributed by atoms with van der Waals surface area (Å²) in [5, 5.41) is 11.9. The number of nitrogens with zero attached hydrogens (tertiary/aromatic N) is 2. The van der Waals surface area contributed by atoms with Crippen LogP contribution in [0.5, 0.6) is 0 Å². The predicted octanol–water partition coefficient (Wildman–Crippen LogP) is 0.0154. The van der Waals surface area contributed by atoms with Crippen molar-refractivity contribution in [3.05, 3.63) is 50.7 Å². The van der Waals surface area contributed by atoms with Crippen molar-refractivity contribution in [3.63, 3.8) is 0 Å². The molecule has 0 fully saturated rings. The lowest BCUT2D eigenvalue weighted by Crippen LogP contribution is -2.44. The number of nitrogen functional groups attached to an aromatic ring is 1. The summed E-state index contributed by atoms with van der Waals surface area (Å²) in [5.74, 6) is -1.62. The largest absolute Gasteiger partial charge is 0.452 e. The van der Waals surface area contributed by atoms with Gasteiger partial charge >= 0.3 is 11.7 Å². The van der Waals surface area contributed by atoms with E-state index in [2.05, 4.69) is 10.3 Å². The van der Waals surface area contributed by atoms with E-state index < -0.39 is 29.7 Å². The van der Waals surface area contributed by atoms with Gasteiger partial charge in [0.25, 0.3) is 11.5 Å². The number of carbonyl (C=O) groups excluding carboxylic acids is 2. The summed E-state index contributed by atoms with van der Waals surface area (Å²) in [5.41, 5.74) is 5.00. The minimum absolute atomic E-state index is 0.0438. The van der Waals surface area contributed by atoms with Crippen LogP contribution in [0.25, 0.3) is 0 Å². The second-order valence-corrected chi connectivity index (χ2v) is 7.81. The van der Waals surface area contributed by atoms with Crippen LogP contribution in [0, 0.1) is 5.92 Å². The molecule has 0 radical (unpaired) electrons. The first kappa shape index (κ1) is 26.6. The molecule has 1 aromatic heterocycles. The average Bonchev–Trinajstić information content (AvgIpc) is 2.80. The number of benzene rings is 1. The minimum Gasteiger partial charge on any atom is -0.452 e. The molecule has 0 aliphatic heterocycles. The van der Waals surface area contributed by atoms with Gasteiger partial charge in [0.05, 0.1) is 18.8 Å². The molecule has 1 aromatic carbocycles. The predicted molar refractivity (Wildman–Crippen MR) is 127 cm³/mol. The third-order valence-corrected chi connectivity index (χ3v) is 4.75. The molecule has 186 valence electrons. The highest BCUT2D eigenvalue weighted by atomic mass is 16.5. The Labute approximate surface area is 196 Å². The van der Waals surface area contributed by atoms with Gasteiger partial charge < -0.3 is 25.6 Å². The lowest BCUT2D eigenvalue weighted by atomic mass is 10.2. The number of rotatable bonds is 12. The summed E-state index contributed by atoms with van der Waals surface area (Å²) in [7, 11) is 1.42. The maximum Gasteiger partial charge on any atom is 0.340 e. The van der Waals surface area contributed by atoms with Gasteiger partial charge in [0.1, 0.15) is 5.82 Å². The van der Waals surface area contributed by atoms with Gasteiger partial charge in [0.2, 0.25) is 0 Å². The highest BCUT2D eigenvalue weighted by molar-refractivity contribution is 6.00. The molecule has 12 heteroatoms. The third kappa shape index (κ3) is 6.68. The maximum absolute atomic E-state index is 13.0. The minimum atomic E-state index is -0.836. The number of esters is 1. The molecule has 0 unspecified atom stereocenters. The summed E-state index contributed by atoms with van der Waals surface area (Å²) in [4.78, 5) is 53.7. The van der Waals surface area contributed by atoms with Crippen LogP contribution in [0.2, 0.25) is 0 Å². The Kier molecular flexibility index (Phi) is 9.83. The number of anilines is 3. The molecule has 5 N–H and O–H groups in total. The van der Waals surface area contributed by atoms with Gasteiger partial charge in [-0.05, 0) is 18.1 Å². The van der Waals surface area contributed by atoms with Crippen molar-refractivity contribution in [2.45, 2.75) is 20.4 Å². The van der Waals surface area contributed by atoms with E-state index >= 15 is 0 Å². The van der Waals surface area contributed by atoms with E-state index in [9.17, 15) is 19.2 Å². The first-order valence-electron chi connectivity index (χ1n) is 10.7. The first-order valence-corrected chi connectivity index (χ1v) is 10.7. The van der Waals surface area contributed by atoms with Crippen LogP contribution < -0.4 is 27.2 Å².